The molecule has 0 atom stereocenters. The molecule has 21 heavy (non-hydrogen) atoms. The Bertz CT molecular complexity index is 572. The van der Waals surface area contributed by atoms with Crippen LogP contribution in [0.3, 0.4) is 0 Å². The van der Waals surface area contributed by atoms with Crippen molar-refractivity contribution in [3.05, 3.63) is 108 Å². The Morgan fingerprint density at radius 1 is 0.524 bits per heavy atom. The SMILES string of the molecule is CC(c1ccccc1)c1ccccc1.Cc1ccccc1. The molecule has 0 saturated carbocycles. The highest BCUT2D eigenvalue weighted by molar-refractivity contribution is 5.31. The second-order valence-electron chi connectivity index (χ2n) is 5.20. The van der Waals surface area contributed by atoms with Gasteiger partial charge in [0, 0.05) is 5.92 Å². The fourth-order valence-electron chi connectivity index (χ4n) is 2.21. The first-order valence-electron chi connectivity index (χ1n) is 7.39. The highest BCUT2D eigenvalue weighted by Gasteiger charge is 2.05. The standard InChI is InChI=1S/C14H14.C7H8/c1-12(13-8-4-2-5-9-13)14-10-6-3-7-11-14;1-7-5-3-2-4-6-7/h2-12H,1H3;2-6H,1H3. The Labute approximate surface area is 128 Å². The Hall–Kier alpha value is -2.34. The van der Waals surface area contributed by atoms with E-state index < -0.39 is 0 Å². The zero-order valence-corrected chi connectivity index (χ0v) is 12.7. The lowest BCUT2D eigenvalue weighted by molar-refractivity contribution is 0.922. The molecule has 0 aliphatic heterocycles. The largest absolute Gasteiger partial charge is 0.0622 e. The first kappa shape index (κ1) is 15.1. The normalized spacial score (nSPS) is 9.86. The van der Waals surface area contributed by atoms with E-state index in [1.165, 1.54) is 16.7 Å². The van der Waals surface area contributed by atoms with Crippen molar-refractivity contribution < 1.29 is 0 Å². The van der Waals surface area contributed by atoms with Crippen LogP contribution in [0.1, 0.15) is 29.5 Å². The van der Waals surface area contributed by atoms with E-state index in [0.29, 0.717) is 5.92 Å². The summed E-state index contributed by atoms with van der Waals surface area (Å²) in [4.78, 5) is 0. The Kier molecular flexibility index (Phi) is 5.78. The second-order valence-corrected chi connectivity index (χ2v) is 5.20. The summed E-state index contributed by atoms with van der Waals surface area (Å²) in [6, 6.07) is 31.5. The highest BCUT2D eigenvalue weighted by Crippen LogP contribution is 2.22. The van der Waals surface area contributed by atoms with Gasteiger partial charge in [-0.15, -0.1) is 0 Å². The third-order valence-corrected chi connectivity index (χ3v) is 3.54. The van der Waals surface area contributed by atoms with Crippen molar-refractivity contribution >= 4 is 0 Å². The predicted octanol–water partition coefficient (Wildman–Crippen LogP) is 5.83. The number of hydrogen-bond acceptors (Lipinski definition) is 0. The molecule has 0 aromatic heterocycles. The summed E-state index contributed by atoms with van der Waals surface area (Å²) in [6.07, 6.45) is 0. The van der Waals surface area contributed by atoms with Crippen molar-refractivity contribution in [1.82, 2.24) is 0 Å². The van der Waals surface area contributed by atoms with Crippen LogP contribution in [0.4, 0.5) is 0 Å². The summed E-state index contributed by atoms with van der Waals surface area (Å²) in [5.41, 5.74) is 4.07. The van der Waals surface area contributed by atoms with Gasteiger partial charge in [-0.3, -0.25) is 0 Å². The number of hydrogen-bond donors (Lipinski definition) is 0. The molecule has 3 aromatic rings. The molecule has 0 aliphatic rings. The average molecular weight is 274 g/mol. The van der Waals surface area contributed by atoms with E-state index in [4.69, 9.17) is 0 Å². The lowest BCUT2D eigenvalue weighted by atomic mass is 9.93. The highest BCUT2D eigenvalue weighted by atomic mass is 14.1. The van der Waals surface area contributed by atoms with Crippen molar-refractivity contribution in [1.29, 1.82) is 0 Å². The molecule has 0 nitrogen and oxygen atoms in total. The van der Waals surface area contributed by atoms with Crippen LogP contribution in [0.15, 0.2) is 91.0 Å². The molecule has 0 N–H and O–H groups in total. The van der Waals surface area contributed by atoms with Gasteiger partial charge < -0.3 is 0 Å². The maximum atomic E-state index is 2.24. The molecule has 0 heterocycles. The van der Waals surface area contributed by atoms with Gasteiger partial charge >= 0.3 is 0 Å². The summed E-state index contributed by atoms with van der Waals surface area (Å²) in [5.74, 6) is 0.484. The van der Waals surface area contributed by atoms with Crippen molar-refractivity contribution in [3.63, 3.8) is 0 Å². The molecule has 0 amide bonds. The van der Waals surface area contributed by atoms with Crippen molar-refractivity contribution in [3.8, 4) is 0 Å². The van der Waals surface area contributed by atoms with Crippen molar-refractivity contribution in [2.75, 3.05) is 0 Å². The topological polar surface area (TPSA) is 0 Å². The maximum Gasteiger partial charge on any atom is 0.00610 e. The van der Waals surface area contributed by atoms with E-state index in [0.717, 1.165) is 0 Å². The molecular weight excluding hydrogens is 252 g/mol. The lowest BCUT2D eigenvalue weighted by Gasteiger charge is -2.11. The summed E-state index contributed by atoms with van der Waals surface area (Å²) >= 11 is 0. The van der Waals surface area contributed by atoms with Gasteiger partial charge in [-0.05, 0) is 18.1 Å². The van der Waals surface area contributed by atoms with E-state index in [9.17, 15) is 0 Å². The monoisotopic (exact) mass is 274 g/mol. The minimum absolute atomic E-state index is 0.484. The molecule has 0 heteroatoms. The van der Waals surface area contributed by atoms with Crippen LogP contribution in [0.25, 0.3) is 0 Å². The van der Waals surface area contributed by atoms with Gasteiger partial charge in [0.05, 0.1) is 0 Å². The third kappa shape index (κ3) is 4.92. The number of rotatable bonds is 2. The molecule has 0 fully saturated rings. The molecule has 106 valence electrons. The van der Waals surface area contributed by atoms with Gasteiger partial charge in [0.2, 0.25) is 0 Å². The molecule has 0 radical (unpaired) electrons. The summed E-state index contributed by atoms with van der Waals surface area (Å²) in [7, 11) is 0. The first-order chi connectivity index (χ1) is 10.3. The van der Waals surface area contributed by atoms with Gasteiger partial charge in [0.15, 0.2) is 0 Å². The van der Waals surface area contributed by atoms with Gasteiger partial charge in [0.1, 0.15) is 0 Å². The fraction of sp³-hybridized carbons (Fsp3) is 0.143. The smallest absolute Gasteiger partial charge is 0.00610 e. The molecule has 0 unspecified atom stereocenters. The van der Waals surface area contributed by atoms with E-state index in [-0.39, 0.29) is 0 Å². The Balaban J connectivity index is 0.000000194. The molecule has 0 saturated heterocycles. The summed E-state index contributed by atoms with van der Waals surface area (Å²) < 4.78 is 0. The van der Waals surface area contributed by atoms with Gasteiger partial charge in [-0.25, -0.2) is 0 Å². The average Bonchev–Trinajstić information content (AvgIpc) is 2.57. The molecule has 0 spiro atoms. The van der Waals surface area contributed by atoms with E-state index in [1.807, 2.05) is 18.2 Å². The lowest BCUT2D eigenvalue weighted by Crippen LogP contribution is -1.94. The van der Waals surface area contributed by atoms with Gasteiger partial charge in [0.25, 0.3) is 0 Å². The van der Waals surface area contributed by atoms with Crippen molar-refractivity contribution in [2.45, 2.75) is 19.8 Å². The first-order valence-corrected chi connectivity index (χ1v) is 7.39. The Morgan fingerprint density at radius 3 is 1.14 bits per heavy atom. The van der Waals surface area contributed by atoms with E-state index >= 15 is 0 Å². The summed E-state index contributed by atoms with van der Waals surface area (Å²) in [5, 5.41) is 0. The van der Waals surface area contributed by atoms with Crippen LogP contribution >= 0.6 is 0 Å². The predicted molar refractivity (Wildman–Crippen MR) is 91.6 cm³/mol. The maximum absolute atomic E-state index is 2.24. The molecule has 0 bridgehead atoms. The van der Waals surface area contributed by atoms with E-state index in [2.05, 4.69) is 86.6 Å². The van der Waals surface area contributed by atoms with Crippen LogP contribution in [0, 0.1) is 6.92 Å². The molecular formula is C21H22. The summed E-state index contributed by atoms with van der Waals surface area (Å²) in [6.45, 7) is 4.32. The number of benzene rings is 3. The van der Waals surface area contributed by atoms with Crippen LogP contribution in [0.5, 0.6) is 0 Å². The zero-order chi connectivity index (χ0) is 14.9. The number of aryl methyl sites for hydroxylation is 1. The minimum atomic E-state index is 0.484. The molecule has 3 aromatic carbocycles. The van der Waals surface area contributed by atoms with E-state index in [1.54, 1.807) is 0 Å². The minimum Gasteiger partial charge on any atom is -0.0622 e. The zero-order valence-electron chi connectivity index (χ0n) is 12.7. The molecule has 3 rings (SSSR count). The van der Waals surface area contributed by atoms with Crippen molar-refractivity contribution in [2.24, 2.45) is 0 Å². The molecule has 0 aliphatic carbocycles. The third-order valence-electron chi connectivity index (χ3n) is 3.54. The van der Waals surface area contributed by atoms with Gasteiger partial charge in [-0.1, -0.05) is 103 Å². The van der Waals surface area contributed by atoms with Gasteiger partial charge in [-0.2, -0.15) is 0 Å². The van der Waals surface area contributed by atoms with Crippen LogP contribution < -0.4 is 0 Å². The fourth-order valence-corrected chi connectivity index (χ4v) is 2.21. The van der Waals surface area contributed by atoms with Crippen LogP contribution in [0.2, 0.25) is 0 Å². The Morgan fingerprint density at radius 2 is 0.857 bits per heavy atom. The van der Waals surface area contributed by atoms with Crippen LogP contribution in [-0.2, 0) is 0 Å². The quantitative estimate of drug-likeness (QED) is 0.551. The van der Waals surface area contributed by atoms with Crippen LogP contribution in [-0.4, -0.2) is 0 Å². The second kappa shape index (κ2) is 8.06.